The number of carbonyl (C=O) groups is 3. The topological polar surface area (TPSA) is 60.9 Å². The first kappa shape index (κ1) is 16.3. The van der Waals surface area contributed by atoms with Gasteiger partial charge in [0.15, 0.2) is 11.6 Å². The molecule has 2 atom stereocenters. The Labute approximate surface area is 146 Å². The van der Waals surface area contributed by atoms with E-state index >= 15 is 0 Å². The van der Waals surface area contributed by atoms with Crippen LogP contribution in [-0.2, 0) is 9.59 Å². The van der Waals surface area contributed by atoms with E-state index in [0.717, 1.165) is 6.07 Å². The number of hydrogen-bond donors (Lipinski definition) is 0. The zero-order valence-corrected chi connectivity index (χ0v) is 14.0. The summed E-state index contributed by atoms with van der Waals surface area (Å²) in [5, 5.41) is 0. The molecule has 3 fully saturated rings. The number of hydrogen-bond acceptors (Lipinski definition) is 4. The van der Waals surface area contributed by atoms with Crippen molar-refractivity contribution in [2.45, 2.75) is 12.1 Å². The van der Waals surface area contributed by atoms with Gasteiger partial charge in [0, 0.05) is 18.8 Å². The number of rotatable bonds is 1. The number of benzene rings is 1. The fourth-order valence-electron chi connectivity index (χ4n) is 3.53. The van der Waals surface area contributed by atoms with Crippen LogP contribution in [-0.4, -0.2) is 75.8 Å². The molecule has 3 aliphatic rings. The summed E-state index contributed by atoms with van der Waals surface area (Å²) >= 11 is 1.53. The molecule has 3 heterocycles. The van der Waals surface area contributed by atoms with E-state index in [9.17, 15) is 23.2 Å². The molecule has 3 saturated heterocycles. The van der Waals surface area contributed by atoms with Crippen LogP contribution in [0.1, 0.15) is 10.4 Å². The normalized spacial score (nSPS) is 25.9. The van der Waals surface area contributed by atoms with E-state index in [1.165, 1.54) is 33.7 Å². The van der Waals surface area contributed by atoms with Gasteiger partial charge in [-0.15, -0.1) is 11.8 Å². The molecule has 1 aromatic rings. The van der Waals surface area contributed by atoms with Gasteiger partial charge >= 0.3 is 0 Å². The average Bonchev–Trinajstić information content (AvgIpc) is 3.11. The van der Waals surface area contributed by atoms with Crippen LogP contribution in [0.3, 0.4) is 0 Å². The smallest absolute Gasteiger partial charge is 0.257 e. The van der Waals surface area contributed by atoms with E-state index in [4.69, 9.17) is 0 Å². The molecule has 0 saturated carbocycles. The molecule has 0 spiro atoms. The van der Waals surface area contributed by atoms with Gasteiger partial charge in [-0.2, -0.15) is 0 Å². The quantitative estimate of drug-likeness (QED) is 0.727. The molecule has 0 N–H and O–H groups in total. The maximum absolute atomic E-state index is 13.9. The first-order valence-electron chi connectivity index (χ1n) is 7.91. The number of halogens is 2. The predicted octanol–water partition coefficient (Wildman–Crippen LogP) is 0.533. The highest BCUT2D eigenvalue weighted by Crippen LogP contribution is 2.30. The molecule has 132 valence electrons. The monoisotopic (exact) mass is 367 g/mol. The van der Waals surface area contributed by atoms with Gasteiger partial charge < -0.3 is 14.7 Å². The van der Waals surface area contributed by atoms with Crippen LogP contribution in [0.4, 0.5) is 8.78 Å². The van der Waals surface area contributed by atoms with Crippen molar-refractivity contribution in [3.63, 3.8) is 0 Å². The molecule has 0 radical (unpaired) electrons. The minimum atomic E-state index is -1.20. The molecule has 0 aliphatic carbocycles. The Morgan fingerprint density at radius 2 is 1.84 bits per heavy atom. The number of carbonyl (C=O) groups excluding carboxylic acids is 3. The van der Waals surface area contributed by atoms with E-state index in [1.807, 2.05) is 0 Å². The van der Waals surface area contributed by atoms with Gasteiger partial charge in [-0.25, -0.2) is 8.78 Å². The van der Waals surface area contributed by atoms with E-state index < -0.39 is 29.6 Å². The van der Waals surface area contributed by atoms with E-state index in [2.05, 4.69) is 0 Å². The van der Waals surface area contributed by atoms with Crippen molar-refractivity contribution >= 4 is 29.5 Å². The molecular formula is C16H15F2N3O3S. The van der Waals surface area contributed by atoms with E-state index in [0.29, 0.717) is 11.6 Å². The molecule has 0 unspecified atom stereocenters. The van der Waals surface area contributed by atoms with E-state index in [-0.39, 0.29) is 37.0 Å². The van der Waals surface area contributed by atoms with Gasteiger partial charge in [0.05, 0.1) is 18.0 Å². The highest BCUT2D eigenvalue weighted by molar-refractivity contribution is 7.99. The lowest BCUT2D eigenvalue weighted by atomic mass is 10.0. The van der Waals surface area contributed by atoms with Crippen molar-refractivity contribution < 1.29 is 23.2 Å². The molecule has 3 aliphatic heterocycles. The summed E-state index contributed by atoms with van der Waals surface area (Å²) in [6.45, 7) is 0.393. The molecule has 1 aromatic carbocycles. The van der Waals surface area contributed by atoms with Crippen LogP contribution in [0.15, 0.2) is 18.2 Å². The molecule has 9 heteroatoms. The molecule has 0 bridgehead atoms. The zero-order valence-electron chi connectivity index (χ0n) is 13.2. The predicted molar refractivity (Wildman–Crippen MR) is 85.7 cm³/mol. The largest absolute Gasteiger partial charge is 0.334 e. The van der Waals surface area contributed by atoms with Gasteiger partial charge in [-0.1, -0.05) is 6.07 Å². The van der Waals surface area contributed by atoms with Crippen LogP contribution < -0.4 is 0 Å². The summed E-state index contributed by atoms with van der Waals surface area (Å²) in [6.07, 6.45) is 0. The second-order valence-corrected chi connectivity index (χ2v) is 7.22. The maximum Gasteiger partial charge on any atom is 0.257 e. The average molecular weight is 367 g/mol. The Bertz CT molecular complexity index is 775. The molecule has 0 aromatic heterocycles. The van der Waals surface area contributed by atoms with Crippen LogP contribution in [0.2, 0.25) is 0 Å². The highest BCUT2D eigenvalue weighted by atomic mass is 32.2. The van der Waals surface area contributed by atoms with Crippen LogP contribution >= 0.6 is 11.8 Å². The van der Waals surface area contributed by atoms with Gasteiger partial charge in [-0.3, -0.25) is 14.4 Å². The minimum Gasteiger partial charge on any atom is -0.334 e. The summed E-state index contributed by atoms with van der Waals surface area (Å²) in [6, 6.07) is 2.25. The number of thioether (sulfide) groups is 1. The molecule has 3 amide bonds. The number of fused-ring (bicyclic) bond motifs is 2. The summed E-state index contributed by atoms with van der Waals surface area (Å²) in [5.41, 5.74) is -0.363. The van der Waals surface area contributed by atoms with Gasteiger partial charge in [0.1, 0.15) is 12.1 Å². The Balaban J connectivity index is 1.57. The molecule has 6 nitrogen and oxygen atoms in total. The van der Waals surface area contributed by atoms with Crippen LogP contribution in [0.5, 0.6) is 0 Å². The van der Waals surface area contributed by atoms with Gasteiger partial charge in [-0.05, 0) is 12.1 Å². The maximum atomic E-state index is 13.9. The summed E-state index contributed by atoms with van der Waals surface area (Å²) in [4.78, 5) is 42.1. The first-order valence-corrected chi connectivity index (χ1v) is 9.06. The second kappa shape index (κ2) is 5.98. The fourth-order valence-corrected chi connectivity index (χ4v) is 4.68. The van der Waals surface area contributed by atoms with E-state index in [1.54, 1.807) is 4.90 Å². The third kappa shape index (κ3) is 2.48. The highest BCUT2D eigenvalue weighted by Gasteiger charge is 2.50. The second-order valence-electron chi connectivity index (χ2n) is 6.22. The summed E-state index contributed by atoms with van der Waals surface area (Å²) in [7, 11) is 0. The lowest BCUT2D eigenvalue weighted by Crippen LogP contribution is -2.69. The molecular weight excluding hydrogens is 352 g/mol. The zero-order chi connectivity index (χ0) is 17.7. The van der Waals surface area contributed by atoms with Crippen molar-refractivity contribution in [1.82, 2.24) is 14.7 Å². The Morgan fingerprint density at radius 3 is 2.64 bits per heavy atom. The van der Waals surface area contributed by atoms with Gasteiger partial charge in [0.25, 0.3) is 5.91 Å². The van der Waals surface area contributed by atoms with Crippen molar-refractivity contribution in [1.29, 1.82) is 0 Å². The number of nitrogens with zero attached hydrogens (tertiary/aromatic N) is 3. The van der Waals surface area contributed by atoms with Crippen LogP contribution in [0, 0.1) is 11.6 Å². The number of amides is 3. The Kier molecular flexibility index (Phi) is 3.90. The fraction of sp³-hybridized carbons (Fsp3) is 0.438. The third-order valence-corrected chi connectivity index (χ3v) is 5.88. The van der Waals surface area contributed by atoms with Gasteiger partial charge in [0.2, 0.25) is 11.8 Å². The van der Waals surface area contributed by atoms with Crippen molar-refractivity contribution in [2.24, 2.45) is 0 Å². The lowest BCUT2D eigenvalue weighted by molar-refractivity contribution is -0.161. The lowest BCUT2D eigenvalue weighted by Gasteiger charge is -2.47. The first-order chi connectivity index (χ1) is 12.0. The summed E-state index contributed by atoms with van der Waals surface area (Å²) in [5.74, 6) is -2.20. The Morgan fingerprint density at radius 1 is 1.08 bits per heavy atom. The van der Waals surface area contributed by atoms with Crippen molar-refractivity contribution in [2.75, 3.05) is 31.3 Å². The Hall–Kier alpha value is -2.16. The third-order valence-electron chi connectivity index (χ3n) is 4.87. The van der Waals surface area contributed by atoms with Crippen LogP contribution in [0.25, 0.3) is 0 Å². The minimum absolute atomic E-state index is 0.00670. The standard InChI is InChI=1S/C16H15F2N3O3S/c17-10-3-1-2-9(13(10)18)14(22)19-4-5-20-11(6-19)15(23)21-8-25-7-12(21)16(20)24/h1-3,11-12H,4-8H2/t11-,12+/m1/s1. The molecule has 4 rings (SSSR count). The summed E-state index contributed by atoms with van der Waals surface area (Å²) < 4.78 is 27.3. The number of piperazine rings is 2. The van der Waals surface area contributed by atoms with Crippen molar-refractivity contribution in [3.8, 4) is 0 Å². The SMILES string of the molecule is O=C(c1cccc(F)c1F)N1CCN2C(=O)[C@@H]3CSCN3C(=O)[C@H]2C1. The molecule has 25 heavy (non-hydrogen) atoms. The van der Waals surface area contributed by atoms with Crippen molar-refractivity contribution in [3.05, 3.63) is 35.4 Å².